The van der Waals surface area contributed by atoms with Gasteiger partial charge in [0.25, 0.3) is 0 Å². The summed E-state index contributed by atoms with van der Waals surface area (Å²) in [6, 6.07) is 2.01. The monoisotopic (exact) mass is 274 g/mol. The van der Waals surface area contributed by atoms with E-state index in [4.69, 9.17) is 10.5 Å². The molecular formula is C15H22N4O. The molecule has 1 fully saturated rings. The second-order valence-electron chi connectivity index (χ2n) is 5.56. The lowest BCUT2D eigenvalue weighted by atomic mass is 10.00. The Kier molecular flexibility index (Phi) is 4.16. The number of nitrogens with one attached hydrogen (secondary N) is 1. The van der Waals surface area contributed by atoms with Crippen molar-refractivity contribution in [2.45, 2.75) is 38.0 Å². The van der Waals surface area contributed by atoms with Crippen molar-refractivity contribution in [3.8, 4) is 0 Å². The van der Waals surface area contributed by atoms with Crippen molar-refractivity contribution in [1.82, 2.24) is 9.97 Å². The predicted molar refractivity (Wildman–Crippen MR) is 79.7 cm³/mol. The number of allylic oxidation sites excluding steroid dienone is 1. The fraction of sp³-hybridized carbons (Fsp3) is 0.600. The molecule has 3 rings (SSSR count). The summed E-state index contributed by atoms with van der Waals surface area (Å²) in [6.45, 7) is 2.41. The molecule has 0 unspecified atom stereocenters. The summed E-state index contributed by atoms with van der Waals surface area (Å²) in [7, 11) is 0. The molecule has 0 bridgehead atoms. The Morgan fingerprint density at radius 2 is 2.30 bits per heavy atom. The quantitative estimate of drug-likeness (QED) is 0.825. The average Bonchev–Trinajstić information content (AvgIpc) is 3.00. The van der Waals surface area contributed by atoms with Crippen molar-refractivity contribution in [3.63, 3.8) is 0 Å². The predicted octanol–water partition coefficient (Wildman–Crippen LogP) is 2.48. The molecule has 2 heterocycles. The third-order valence-corrected chi connectivity index (χ3v) is 3.99. The molecule has 0 spiro atoms. The van der Waals surface area contributed by atoms with E-state index >= 15 is 0 Å². The van der Waals surface area contributed by atoms with E-state index < -0.39 is 0 Å². The molecule has 108 valence electrons. The van der Waals surface area contributed by atoms with Crippen LogP contribution in [0.15, 0.2) is 17.7 Å². The van der Waals surface area contributed by atoms with Gasteiger partial charge in [-0.2, -0.15) is 4.98 Å². The topological polar surface area (TPSA) is 73.1 Å². The number of hydrogen-bond acceptors (Lipinski definition) is 5. The van der Waals surface area contributed by atoms with E-state index in [0.717, 1.165) is 37.7 Å². The number of nitrogens with two attached hydrogens (primary N) is 1. The highest BCUT2D eigenvalue weighted by atomic mass is 16.5. The van der Waals surface area contributed by atoms with E-state index in [1.807, 2.05) is 6.07 Å². The summed E-state index contributed by atoms with van der Waals surface area (Å²) in [4.78, 5) is 8.62. The maximum atomic E-state index is 5.82. The van der Waals surface area contributed by atoms with E-state index in [2.05, 4.69) is 21.4 Å². The van der Waals surface area contributed by atoms with Gasteiger partial charge >= 0.3 is 0 Å². The Hall–Kier alpha value is -1.62. The zero-order valence-electron chi connectivity index (χ0n) is 11.8. The van der Waals surface area contributed by atoms with Crippen molar-refractivity contribution in [2.75, 3.05) is 30.8 Å². The molecule has 0 aromatic carbocycles. The zero-order chi connectivity index (χ0) is 13.8. The molecule has 1 aliphatic heterocycles. The molecule has 2 aliphatic rings. The molecule has 5 nitrogen and oxygen atoms in total. The van der Waals surface area contributed by atoms with Crippen LogP contribution >= 0.6 is 0 Å². The molecule has 0 saturated carbocycles. The van der Waals surface area contributed by atoms with E-state index in [1.54, 1.807) is 0 Å². The van der Waals surface area contributed by atoms with Crippen molar-refractivity contribution < 1.29 is 4.74 Å². The second kappa shape index (κ2) is 6.22. The summed E-state index contributed by atoms with van der Waals surface area (Å²) < 4.78 is 5.42. The van der Waals surface area contributed by atoms with Crippen LogP contribution in [0.25, 0.3) is 0 Å². The number of anilines is 2. The van der Waals surface area contributed by atoms with E-state index in [0.29, 0.717) is 11.9 Å². The maximum absolute atomic E-state index is 5.82. The molecule has 1 aliphatic carbocycles. The van der Waals surface area contributed by atoms with Gasteiger partial charge in [-0.05, 0) is 32.1 Å². The van der Waals surface area contributed by atoms with Crippen molar-refractivity contribution in [2.24, 2.45) is 0 Å². The van der Waals surface area contributed by atoms with Crippen molar-refractivity contribution in [3.05, 3.63) is 23.4 Å². The molecule has 1 atom stereocenters. The van der Waals surface area contributed by atoms with Crippen LogP contribution in [0.3, 0.4) is 0 Å². The molecular weight excluding hydrogens is 252 g/mol. The van der Waals surface area contributed by atoms with Gasteiger partial charge in [-0.25, -0.2) is 4.98 Å². The van der Waals surface area contributed by atoms with E-state index in [9.17, 15) is 0 Å². The van der Waals surface area contributed by atoms with E-state index in [1.165, 1.54) is 31.3 Å². The molecule has 5 heteroatoms. The zero-order valence-corrected chi connectivity index (χ0v) is 11.8. The minimum atomic E-state index is 0.342. The number of aromatic nitrogens is 2. The Balaban J connectivity index is 1.67. The van der Waals surface area contributed by atoms with Gasteiger partial charge in [-0.15, -0.1) is 0 Å². The largest absolute Gasteiger partial charge is 0.381 e. The fourth-order valence-corrected chi connectivity index (χ4v) is 2.82. The van der Waals surface area contributed by atoms with Gasteiger partial charge < -0.3 is 15.8 Å². The van der Waals surface area contributed by atoms with Crippen LogP contribution in [0, 0.1) is 0 Å². The van der Waals surface area contributed by atoms with Gasteiger partial charge in [-0.1, -0.05) is 11.6 Å². The number of rotatable bonds is 4. The van der Waals surface area contributed by atoms with Gasteiger partial charge in [0.05, 0.1) is 12.3 Å². The van der Waals surface area contributed by atoms with E-state index in [-0.39, 0.29) is 0 Å². The van der Waals surface area contributed by atoms with Crippen LogP contribution in [-0.2, 0) is 4.74 Å². The Morgan fingerprint density at radius 1 is 1.35 bits per heavy atom. The number of ether oxygens (including phenoxy) is 1. The smallest absolute Gasteiger partial charge is 0.222 e. The van der Waals surface area contributed by atoms with Crippen LogP contribution in [0.2, 0.25) is 0 Å². The van der Waals surface area contributed by atoms with Crippen molar-refractivity contribution in [1.29, 1.82) is 0 Å². The number of nitrogen functional groups attached to an aromatic ring is 1. The summed E-state index contributed by atoms with van der Waals surface area (Å²) in [5, 5.41) is 3.38. The lowest BCUT2D eigenvalue weighted by molar-refractivity contribution is 0.193. The molecule has 0 radical (unpaired) electrons. The summed E-state index contributed by atoms with van der Waals surface area (Å²) in [6.07, 6.45) is 8.36. The SMILES string of the molecule is Nc1nc(NCC2=CCCCC2)cc([C@H]2CCOC2)n1. The number of nitrogens with zero attached hydrogens (tertiary/aromatic N) is 2. The van der Waals surface area contributed by atoms with Gasteiger partial charge in [0.1, 0.15) is 5.82 Å². The van der Waals surface area contributed by atoms with Gasteiger partial charge in [0.15, 0.2) is 0 Å². The third-order valence-electron chi connectivity index (χ3n) is 3.99. The summed E-state index contributed by atoms with van der Waals surface area (Å²) in [5.74, 6) is 1.52. The Morgan fingerprint density at radius 3 is 3.05 bits per heavy atom. The lowest BCUT2D eigenvalue weighted by Crippen LogP contribution is -2.12. The normalized spacial score (nSPS) is 22.6. The van der Waals surface area contributed by atoms with Crippen LogP contribution in [0.4, 0.5) is 11.8 Å². The summed E-state index contributed by atoms with van der Waals surface area (Å²) >= 11 is 0. The van der Waals surface area contributed by atoms with Crippen LogP contribution in [-0.4, -0.2) is 29.7 Å². The maximum Gasteiger partial charge on any atom is 0.222 e. The average molecular weight is 274 g/mol. The minimum absolute atomic E-state index is 0.342. The Labute approximate surface area is 119 Å². The van der Waals surface area contributed by atoms with Crippen molar-refractivity contribution >= 4 is 11.8 Å². The van der Waals surface area contributed by atoms with Crippen LogP contribution < -0.4 is 11.1 Å². The first kappa shape index (κ1) is 13.4. The van der Waals surface area contributed by atoms with Crippen LogP contribution in [0.1, 0.15) is 43.7 Å². The molecule has 20 heavy (non-hydrogen) atoms. The van der Waals surface area contributed by atoms with Gasteiger partial charge in [0.2, 0.25) is 5.95 Å². The Bertz CT molecular complexity index is 495. The standard InChI is InChI=1S/C15H22N4O/c16-15-18-13(12-6-7-20-10-12)8-14(19-15)17-9-11-4-2-1-3-5-11/h4,8,12H,1-3,5-7,9-10H2,(H3,16,17,18,19)/t12-/m0/s1. The van der Waals surface area contributed by atoms with Gasteiger partial charge in [0, 0.05) is 25.1 Å². The second-order valence-corrected chi connectivity index (χ2v) is 5.56. The molecule has 3 N–H and O–H groups in total. The number of hydrogen-bond donors (Lipinski definition) is 2. The fourth-order valence-electron chi connectivity index (χ4n) is 2.82. The molecule has 1 aromatic rings. The van der Waals surface area contributed by atoms with Crippen LogP contribution in [0.5, 0.6) is 0 Å². The third kappa shape index (κ3) is 3.28. The first-order chi connectivity index (χ1) is 9.81. The highest BCUT2D eigenvalue weighted by Crippen LogP contribution is 2.26. The molecule has 1 aromatic heterocycles. The molecule has 0 amide bonds. The van der Waals surface area contributed by atoms with Gasteiger partial charge in [-0.3, -0.25) is 0 Å². The summed E-state index contributed by atoms with van der Waals surface area (Å²) in [5.41, 5.74) is 8.29. The highest BCUT2D eigenvalue weighted by molar-refractivity contribution is 5.42. The highest BCUT2D eigenvalue weighted by Gasteiger charge is 2.20. The first-order valence-corrected chi connectivity index (χ1v) is 7.45. The molecule has 1 saturated heterocycles. The lowest BCUT2D eigenvalue weighted by Gasteiger charge is -2.15. The minimum Gasteiger partial charge on any atom is -0.381 e. The first-order valence-electron chi connectivity index (χ1n) is 7.45.